The van der Waals surface area contributed by atoms with Crippen molar-refractivity contribution >= 4 is 35.2 Å². The summed E-state index contributed by atoms with van der Waals surface area (Å²) < 4.78 is 41.0. The van der Waals surface area contributed by atoms with Crippen molar-refractivity contribution in [2.45, 2.75) is 32.9 Å². The zero-order valence-corrected chi connectivity index (χ0v) is 22.8. The molecule has 0 radical (unpaired) electrons. The van der Waals surface area contributed by atoms with Gasteiger partial charge in [-0.1, -0.05) is 49.7 Å². The van der Waals surface area contributed by atoms with Gasteiger partial charge in [0.25, 0.3) is 0 Å². The van der Waals surface area contributed by atoms with Gasteiger partial charge in [-0.2, -0.15) is 18.3 Å². The molecule has 7 nitrogen and oxygen atoms in total. The van der Waals surface area contributed by atoms with Crippen molar-refractivity contribution < 1.29 is 33.0 Å². The predicted octanol–water partition coefficient (Wildman–Crippen LogP) is 7.86. The van der Waals surface area contributed by atoms with Crippen molar-refractivity contribution in [2.24, 2.45) is 5.10 Å². The van der Waals surface area contributed by atoms with Crippen LogP contribution in [-0.2, 0) is 17.4 Å². The molecule has 0 spiro atoms. The molecule has 0 aliphatic heterocycles. The largest absolute Gasteiger partial charge is 0.505 e. The highest BCUT2D eigenvalue weighted by atomic mass is 19.4. The number of para-hydroxylation sites is 1. The Morgan fingerprint density at radius 1 is 1.00 bits per heavy atom. The van der Waals surface area contributed by atoms with Gasteiger partial charge >= 0.3 is 12.1 Å². The number of phenolic OH excluding ortho intramolecular Hbond substituents is 1. The van der Waals surface area contributed by atoms with Crippen molar-refractivity contribution in [3.05, 3.63) is 107 Å². The van der Waals surface area contributed by atoms with E-state index < -0.39 is 17.7 Å². The number of halogens is 3. The first kappa shape index (κ1) is 29.9. The monoisotopic (exact) mass is 575 g/mol. The number of aromatic carboxylic acids is 1. The third-order valence-electron chi connectivity index (χ3n) is 6.63. The van der Waals surface area contributed by atoms with E-state index in [1.807, 2.05) is 19.1 Å². The van der Waals surface area contributed by atoms with Crippen LogP contribution in [0.1, 0.15) is 47.3 Å². The van der Waals surface area contributed by atoms with E-state index in [4.69, 9.17) is 0 Å². The molecule has 0 saturated carbocycles. The number of hydrogen-bond donors (Lipinski definition) is 3. The summed E-state index contributed by atoms with van der Waals surface area (Å²) in [5.41, 5.74) is 4.63. The van der Waals surface area contributed by atoms with Crippen molar-refractivity contribution in [3.8, 4) is 16.9 Å². The van der Waals surface area contributed by atoms with Crippen LogP contribution in [0, 0.1) is 0 Å². The Morgan fingerprint density at radius 3 is 2.36 bits per heavy atom. The molecular weight excluding hydrogens is 547 g/mol. The number of benzene rings is 4. The smallest absolute Gasteiger partial charge is 0.416 e. The molecule has 0 aromatic heterocycles. The number of carbonyl (C=O) groups is 2. The molecule has 0 aliphatic rings. The van der Waals surface area contributed by atoms with E-state index in [9.17, 15) is 33.0 Å². The topological polar surface area (TPSA) is 102 Å². The Morgan fingerprint density at radius 2 is 1.71 bits per heavy atom. The second kappa shape index (κ2) is 12.6. The normalized spacial score (nSPS) is 11.7. The summed E-state index contributed by atoms with van der Waals surface area (Å²) in [4.78, 5) is 24.8. The Hall–Kier alpha value is -5.12. The minimum atomic E-state index is -4.63. The standard InChI is InChI=1S/C32H28F3N3O4/c1-3-6-21-11-14-25(15-12-21)38(19-39)29-16-13-24(32(33,34)35)18-27(29)20(2)36-37-28-10-5-9-26(30(28)40)22-7-4-8-23(17-22)31(41)42/h4-5,7-19,37,40H,3,6H2,1-2H3,(H,41,42)/b36-20+. The maximum absolute atomic E-state index is 13.7. The number of rotatable bonds is 10. The summed E-state index contributed by atoms with van der Waals surface area (Å²) >= 11 is 0. The van der Waals surface area contributed by atoms with E-state index in [0.717, 1.165) is 30.5 Å². The van der Waals surface area contributed by atoms with E-state index in [2.05, 4.69) is 10.5 Å². The molecule has 0 bridgehead atoms. The second-order valence-electron chi connectivity index (χ2n) is 9.52. The SMILES string of the molecule is CCCc1ccc(N(C=O)c2ccc(C(F)(F)F)cc2/C(C)=N/Nc2cccc(-c3cccc(C(=O)O)c3)c2O)cc1. The van der Waals surface area contributed by atoms with Crippen LogP contribution in [0.2, 0.25) is 0 Å². The van der Waals surface area contributed by atoms with Gasteiger partial charge < -0.3 is 10.2 Å². The lowest BCUT2D eigenvalue weighted by Crippen LogP contribution is -2.19. The number of carbonyl (C=O) groups excluding carboxylic acids is 1. The molecule has 0 atom stereocenters. The number of carboxylic acid groups (broad SMARTS) is 1. The highest BCUT2D eigenvalue weighted by Gasteiger charge is 2.32. The maximum Gasteiger partial charge on any atom is 0.416 e. The number of aromatic hydroxyl groups is 1. The zero-order valence-electron chi connectivity index (χ0n) is 22.8. The molecule has 4 aromatic rings. The molecule has 42 heavy (non-hydrogen) atoms. The van der Waals surface area contributed by atoms with E-state index in [0.29, 0.717) is 23.2 Å². The van der Waals surface area contributed by atoms with Crippen LogP contribution in [0.25, 0.3) is 11.1 Å². The first-order valence-electron chi connectivity index (χ1n) is 13.0. The number of carboxylic acids is 1. The Balaban J connectivity index is 1.73. The van der Waals surface area contributed by atoms with Gasteiger partial charge in [0.05, 0.1) is 28.2 Å². The minimum Gasteiger partial charge on any atom is -0.505 e. The Kier molecular flexibility index (Phi) is 8.95. The first-order chi connectivity index (χ1) is 20.0. The second-order valence-corrected chi connectivity index (χ2v) is 9.52. The van der Waals surface area contributed by atoms with Gasteiger partial charge in [0.15, 0.2) is 0 Å². The van der Waals surface area contributed by atoms with Gasteiger partial charge in [-0.3, -0.25) is 15.1 Å². The summed E-state index contributed by atoms with van der Waals surface area (Å²) in [5, 5.41) is 24.5. The van der Waals surface area contributed by atoms with Crippen molar-refractivity contribution in [3.63, 3.8) is 0 Å². The Labute approximate surface area is 240 Å². The Bertz CT molecular complexity index is 1630. The highest BCUT2D eigenvalue weighted by molar-refractivity contribution is 6.07. The molecular formula is C32H28F3N3O4. The van der Waals surface area contributed by atoms with Crippen LogP contribution < -0.4 is 10.3 Å². The number of nitrogens with zero attached hydrogens (tertiary/aromatic N) is 2. The molecule has 0 fully saturated rings. The molecule has 0 saturated heterocycles. The summed E-state index contributed by atoms with van der Waals surface area (Å²) in [6.45, 7) is 3.53. The number of hydrogen-bond acceptors (Lipinski definition) is 5. The average Bonchev–Trinajstić information content (AvgIpc) is 2.97. The van der Waals surface area contributed by atoms with Gasteiger partial charge in [0.2, 0.25) is 6.41 Å². The van der Waals surface area contributed by atoms with Gasteiger partial charge in [-0.05, 0) is 73.0 Å². The van der Waals surface area contributed by atoms with Gasteiger partial charge in [-0.25, -0.2) is 4.79 Å². The molecule has 0 aliphatic carbocycles. The zero-order chi connectivity index (χ0) is 30.4. The third kappa shape index (κ3) is 6.60. The van der Waals surface area contributed by atoms with Crippen molar-refractivity contribution in [1.82, 2.24) is 0 Å². The lowest BCUT2D eigenvalue weighted by Gasteiger charge is -2.22. The lowest BCUT2D eigenvalue weighted by molar-refractivity contribution is -0.137. The van der Waals surface area contributed by atoms with E-state index in [1.54, 1.807) is 36.4 Å². The number of hydrazone groups is 1. The fraction of sp³-hybridized carbons (Fsp3) is 0.156. The minimum absolute atomic E-state index is 0.0379. The third-order valence-corrected chi connectivity index (χ3v) is 6.63. The lowest BCUT2D eigenvalue weighted by atomic mass is 10.0. The molecule has 3 N–H and O–H groups in total. The fourth-order valence-corrected chi connectivity index (χ4v) is 4.47. The maximum atomic E-state index is 13.7. The van der Waals surface area contributed by atoms with Gasteiger partial charge in [-0.15, -0.1) is 0 Å². The van der Waals surface area contributed by atoms with E-state index >= 15 is 0 Å². The summed E-state index contributed by atoms with van der Waals surface area (Å²) in [7, 11) is 0. The van der Waals surface area contributed by atoms with Crippen LogP contribution >= 0.6 is 0 Å². The first-order valence-corrected chi connectivity index (χ1v) is 13.0. The molecule has 1 amide bonds. The predicted molar refractivity (Wildman–Crippen MR) is 156 cm³/mol. The summed E-state index contributed by atoms with van der Waals surface area (Å²) in [5.74, 6) is -1.36. The van der Waals surface area contributed by atoms with Crippen LogP contribution in [0.4, 0.5) is 30.2 Å². The van der Waals surface area contributed by atoms with E-state index in [1.165, 1.54) is 36.1 Å². The number of anilines is 3. The van der Waals surface area contributed by atoms with Crippen LogP contribution in [0.3, 0.4) is 0 Å². The van der Waals surface area contributed by atoms with Gasteiger partial charge in [0.1, 0.15) is 5.75 Å². The quantitative estimate of drug-likeness (QED) is 0.0773. The highest BCUT2D eigenvalue weighted by Crippen LogP contribution is 2.37. The van der Waals surface area contributed by atoms with Crippen molar-refractivity contribution in [2.75, 3.05) is 10.3 Å². The van der Waals surface area contributed by atoms with Crippen molar-refractivity contribution in [1.29, 1.82) is 0 Å². The average molecular weight is 576 g/mol. The fourth-order valence-electron chi connectivity index (χ4n) is 4.47. The number of phenols is 1. The van der Waals surface area contributed by atoms with Crippen LogP contribution in [0.15, 0.2) is 90.0 Å². The molecule has 10 heteroatoms. The molecule has 216 valence electrons. The summed E-state index contributed by atoms with van der Waals surface area (Å²) in [6.07, 6.45) is -2.31. The summed E-state index contributed by atoms with van der Waals surface area (Å²) in [6, 6.07) is 21.0. The van der Waals surface area contributed by atoms with Gasteiger partial charge in [0, 0.05) is 16.8 Å². The molecule has 0 heterocycles. The number of aryl methyl sites for hydroxylation is 1. The molecule has 4 aromatic carbocycles. The number of nitrogens with one attached hydrogen (secondary N) is 1. The number of amides is 1. The van der Waals surface area contributed by atoms with E-state index in [-0.39, 0.29) is 34.0 Å². The van der Waals surface area contributed by atoms with Crippen LogP contribution in [-0.4, -0.2) is 28.3 Å². The molecule has 0 unspecified atom stereocenters. The van der Waals surface area contributed by atoms with Crippen LogP contribution in [0.5, 0.6) is 5.75 Å². The molecule has 4 rings (SSSR count). The number of alkyl halides is 3.